The molecule has 0 saturated carbocycles. The molecule has 5 nitrogen and oxygen atoms in total. The van der Waals surface area contributed by atoms with Crippen molar-refractivity contribution < 1.29 is 9.84 Å². The van der Waals surface area contributed by atoms with Crippen molar-refractivity contribution in [1.29, 1.82) is 0 Å². The fraction of sp³-hybridized carbons (Fsp3) is 0.400. The van der Waals surface area contributed by atoms with Crippen LogP contribution in [0.1, 0.15) is 6.92 Å². The van der Waals surface area contributed by atoms with Crippen LogP contribution in [0.25, 0.3) is 0 Å². The third-order valence-corrected chi connectivity index (χ3v) is 3.37. The summed E-state index contributed by atoms with van der Waals surface area (Å²) in [4.78, 5) is 4.26. The Labute approximate surface area is 141 Å². The van der Waals surface area contributed by atoms with Crippen molar-refractivity contribution in [3.05, 3.63) is 40.9 Å². The number of aliphatic hydroxyl groups is 1. The molecule has 3 N–H and O–H groups in total. The normalized spacial score (nSPS) is 12.6. The second-order valence-electron chi connectivity index (χ2n) is 4.41. The van der Waals surface area contributed by atoms with Crippen LogP contribution >= 0.6 is 23.2 Å². The summed E-state index contributed by atoms with van der Waals surface area (Å²) in [5.41, 5.74) is 0. The number of aliphatic imine (C=N–C) groups is 1. The lowest BCUT2D eigenvalue weighted by molar-refractivity contribution is 0.114. The molecule has 1 unspecified atom stereocenters. The molecule has 1 aromatic carbocycles. The number of guanidine groups is 1. The average molecular weight is 346 g/mol. The number of hydrogen-bond acceptors (Lipinski definition) is 3. The van der Waals surface area contributed by atoms with Crippen molar-refractivity contribution in [2.45, 2.75) is 13.0 Å². The smallest absolute Gasteiger partial charge is 0.191 e. The molecule has 7 heteroatoms. The first-order chi connectivity index (χ1) is 10.6. The summed E-state index contributed by atoms with van der Waals surface area (Å²) in [6, 6.07) is 5.10. The average Bonchev–Trinajstić information content (AvgIpc) is 2.51. The van der Waals surface area contributed by atoms with Gasteiger partial charge in [-0.3, -0.25) is 4.99 Å². The van der Waals surface area contributed by atoms with E-state index in [1.807, 2.05) is 6.92 Å². The van der Waals surface area contributed by atoms with Crippen molar-refractivity contribution in [3.63, 3.8) is 0 Å². The summed E-state index contributed by atoms with van der Waals surface area (Å²) in [5, 5.41) is 16.8. The van der Waals surface area contributed by atoms with E-state index in [2.05, 4.69) is 22.2 Å². The number of rotatable bonds is 8. The maximum atomic E-state index is 9.93. The molecule has 0 aliphatic carbocycles. The Balaban J connectivity index is 2.49. The van der Waals surface area contributed by atoms with Crippen LogP contribution in [0, 0.1) is 0 Å². The summed E-state index contributed by atoms with van der Waals surface area (Å²) in [7, 11) is 0. The van der Waals surface area contributed by atoms with Gasteiger partial charge in [0.15, 0.2) is 5.96 Å². The molecule has 0 aliphatic heterocycles. The van der Waals surface area contributed by atoms with Crippen molar-refractivity contribution in [2.75, 3.05) is 26.2 Å². The fourth-order valence-corrected chi connectivity index (χ4v) is 1.89. The van der Waals surface area contributed by atoms with Gasteiger partial charge in [-0.2, -0.15) is 0 Å². The molecule has 0 fully saturated rings. The maximum Gasteiger partial charge on any atom is 0.191 e. The van der Waals surface area contributed by atoms with Crippen molar-refractivity contribution >= 4 is 29.2 Å². The monoisotopic (exact) mass is 345 g/mol. The molecule has 0 aromatic heterocycles. The first kappa shape index (κ1) is 18.6. The second kappa shape index (κ2) is 10.3. The van der Waals surface area contributed by atoms with Gasteiger partial charge in [-0.1, -0.05) is 35.3 Å². The molecule has 0 saturated heterocycles. The van der Waals surface area contributed by atoms with E-state index in [1.165, 1.54) is 0 Å². The van der Waals surface area contributed by atoms with Gasteiger partial charge in [0.25, 0.3) is 0 Å². The van der Waals surface area contributed by atoms with Gasteiger partial charge in [-0.05, 0) is 19.1 Å². The Hall–Kier alpha value is -1.43. The highest BCUT2D eigenvalue weighted by molar-refractivity contribution is 6.42. The highest BCUT2D eigenvalue weighted by atomic mass is 35.5. The lowest BCUT2D eigenvalue weighted by Crippen LogP contribution is -2.38. The van der Waals surface area contributed by atoms with Crippen LogP contribution in [0.2, 0.25) is 10.0 Å². The lowest BCUT2D eigenvalue weighted by Gasteiger charge is -2.14. The van der Waals surface area contributed by atoms with Gasteiger partial charge >= 0.3 is 0 Å². The number of aliphatic hydroxyl groups excluding tert-OH is 1. The lowest BCUT2D eigenvalue weighted by atomic mass is 10.3. The Morgan fingerprint density at radius 2 is 2.23 bits per heavy atom. The zero-order chi connectivity index (χ0) is 16.4. The van der Waals surface area contributed by atoms with Crippen molar-refractivity contribution in [2.24, 2.45) is 4.99 Å². The van der Waals surface area contributed by atoms with Gasteiger partial charge in [0.05, 0.1) is 11.6 Å². The van der Waals surface area contributed by atoms with Crippen LogP contribution in [0.5, 0.6) is 5.75 Å². The van der Waals surface area contributed by atoms with Crippen LogP contribution in [-0.4, -0.2) is 43.4 Å². The topological polar surface area (TPSA) is 65.9 Å². The zero-order valence-electron chi connectivity index (χ0n) is 12.5. The second-order valence-corrected chi connectivity index (χ2v) is 5.19. The third-order valence-electron chi connectivity index (χ3n) is 2.57. The maximum absolute atomic E-state index is 9.93. The van der Waals surface area contributed by atoms with Gasteiger partial charge in [0, 0.05) is 13.1 Å². The third kappa shape index (κ3) is 6.56. The van der Waals surface area contributed by atoms with Crippen LogP contribution < -0.4 is 15.4 Å². The Bertz CT molecular complexity index is 510. The molecule has 0 spiro atoms. The molecule has 1 atom stereocenters. The minimum absolute atomic E-state index is 0.0738. The Kier molecular flexibility index (Phi) is 8.74. The summed E-state index contributed by atoms with van der Waals surface area (Å²) < 4.78 is 5.46. The van der Waals surface area contributed by atoms with Crippen molar-refractivity contribution in [1.82, 2.24) is 10.6 Å². The molecular weight excluding hydrogens is 325 g/mol. The van der Waals surface area contributed by atoms with Crippen LogP contribution in [0.3, 0.4) is 0 Å². The fourth-order valence-electron chi connectivity index (χ4n) is 1.54. The summed E-state index contributed by atoms with van der Waals surface area (Å²) in [5.74, 6) is 1.05. The molecule has 0 aliphatic rings. The standard InChI is InChI=1S/C15H21Cl2N3O2/c1-3-8-19-15(18-4-2)20-9-11(21)10-22-13-7-5-6-12(16)14(13)17/h3,5-7,11,21H,1,4,8-10H2,2H3,(H2,18,19,20). The molecular formula is C15H21Cl2N3O2. The Morgan fingerprint density at radius 3 is 2.91 bits per heavy atom. The highest BCUT2D eigenvalue weighted by Crippen LogP contribution is 2.31. The van der Waals surface area contributed by atoms with Crippen LogP contribution in [-0.2, 0) is 0 Å². The quantitative estimate of drug-likeness (QED) is 0.384. The summed E-state index contributed by atoms with van der Waals surface area (Å²) in [6.45, 7) is 7.19. The largest absolute Gasteiger partial charge is 0.489 e. The minimum Gasteiger partial charge on any atom is -0.489 e. The predicted molar refractivity (Wildman–Crippen MR) is 92.1 cm³/mol. The van der Waals surface area contributed by atoms with E-state index in [-0.39, 0.29) is 13.2 Å². The molecule has 0 heterocycles. The first-order valence-corrected chi connectivity index (χ1v) is 7.72. The number of benzene rings is 1. The SMILES string of the molecule is C=CCNC(=NCC(O)COc1cccc(Cl)c1Cl)NCC. The summed E-state index contributed by atoms with van der Waals surface area (Å²) in [6.07, 6.45) is 0.974. The first-order valence-electron chi connectivity index (χ1n) is 6.96. The summed E-state index contributed by atoms with van der Waals surface area (Å²) >= 11 is 11.9. The highest BCUT2D eigenvalue weighted by Gasteiger charge is 2.09. The van der Waals surface area contributed by atoms with Gasteiger partial charge in [0.2, 0.25) is 0 Å². The number of halogens is 2. The van der Waals surface area contributed by atoms with E-state index < -0.39 is 6.10 Å². The number of ether oxygens (including phenoxy) is 1. The minimum atomic E-state index is -0.755. The van der Waals surface area contributed by atoms with E-state index in [0.29, 0.717) is 28.3 Å². The number of nitrogens with one attached hydrogen (secondary N) is 2. The van der Waals surface area contributed by atoms with E-state index in [0.717, 1.165) is 6.54 Å². The van der Waals surface area contributed by atoms with Gasteiger partial charge in [-0.25, -0.2) is 0 Å². The van der Waals surface area contributed by atoms with E-state index in [4.69, 9.17) is 27.9 Å². The molecule has 0 amide bonds. The zero-order valence-corrected chi connectivity index (χ0v) is 14.0. The van der Waals surface area contributed by atoms with E-state index in [9.17, 15) is 5.11 Å². The number of nitrogens with zero attached hydrogens (tertiary/aromatic N) is 1. The molecule has 1 aromatic rings. The number of hydrogen-bond donors (Lipinski definition) is 3. The molecule has 1 rings (SSSR count). The Morgan fingerprint density at radius 1 is 1.45 bits per heavy atom. The van der Waals surface area contributed by atoms with Gasteiger partial charge in [0.1, 0.15) is 23.5 Å². The van der Waals surface area contributed by atoms with E-state index in [1.54, 1.807) is 24.3 Å². The molecule has 0 radical (unpaired) electrons. The van der Waals surface area contributed by atoms with Crippen LogP contribution in [0.15, 0.2) is 35.8 Å². The van der Waals surface area contributed by atoms with Gasteiger partial charge < -0.3 is 20.5 Å². The van der Waals surface area contributed by atoms with Crippen LogP contribution in [0.4, 0.5) is 0 Å². The molecule has 122 valence electrons. The van der Waals surface area contributed by atoms with E-state index >= 15 is 0 Å². The van der Waals surface area contributed by atoms with Gasteiger partial charge in [-0.15, -0.1) is 6.58 Å². The predicted octanol–water partition coefficient (Wildman–Crippen LogP) is 2.47. The molecule has 22 heavy (non-hydrogen) atoms. The molecule has 0 bridgehead atoms. The van der Waals surface area contributed by atoms with Crippen molar-refractivity contribution in [3.8, 4) is 5.75 Å².